The van der Waals surface area contributed by atoms with Crippen LogP contribution in [0.15, 0.2) is 34.0 Å². The van der Waals surface area contributed by atoms with Crippen molar-refractivity contribution in [1.29, 1.82) is 0 Å². The third-order valence-corrected chi connectivity index (χ3v) is 4.47. The highest BCUT2D eigenvalue weighted by molar-refractivity contribution is 14.0. The number of nitrogens with one attached hydrogen (secondary N) is 2. The van der Waals surface area contributed by atoms with Crippen molar-refractivity contribution < 1.29 is 9.53 Å². The Morgan fingerprint density at radius 1 is 1.36 bits per heavy atom. The van der Waals surface area contributed by atoms with Crippen molar-refractivity contribution in [2.45, 2.75) is 39.0 Å². The van der Waals surface area contributed by atoms with Crippen LogP contribution < -0.4 is 10.6 Å². The Hall–Kier alpha value is -1.56. The van der Waals surface area contributed by atoms with Gasteiger partial charge in [-0.1, -0.05) is 0 Å². The molecule has 10 heteroatoms. The highest BCUT2D eigenvalue weighted by atomic mass is 127. The predicted octanol–water partition coefficient (Wildman–Crippen LogP) is 3.00. The third-order valence-electron chi connectivity index (χ3n) is 4.00. The second-order valence-corrected chi connectivity index (χ2v) is 8.41. The monoisotopic (exact) mass is 564 g/mol. The van der Waals surface area contributed by atoms with Crippen molar-refractivity contribution >= 4 is 57.6 Å². The zero-order chi connectivity index (χ0) is 19.6. The molecule has 2 aromatic heterocycles. The topological polar surface area (TPSA) is 83.3 Å². The number of aliphatic imine (C=N–C) groups is 1. The Bertz CT molecular complexity index is 857. The van der Waals surface area contributed by atoms with E-state index in [4.69, 9.17) is 4.74 Å². The van der Waals surface area contributed by atoms with E-state index in [2.05, 4.69) is 36.5 Å². The first-order chi connectivity index (χ1) is 12.7. The van der Waals surface area contributed by atoms with Crippen LogP contribution in [-0.2, 0) is 11.3 Å². The minimum Gasteiger partial charge on any atom is -0.444 e. The lowest BCUT2D eigenvalue weighted by molar-refractivity contribution is 0.00701. The quantitative estimate of drug-likeness (QED) is 0.340. The van der Waals surface area contributed by atoms with Gasteiger partial charge >= 0.3 is 6.09 Å². The second-order valence-electron chi connectivity index (χ2n) is 7.50. The zero-order valence-electron chi connectivity index (χ0n) is 16.4. The van der Waals surface area contributed by atoms with E-state index in [0.29, 0.717) is 25.6 Å². The molecule has 0 saturated carbocycles. The Morgan fingerprint density at radius 2 is 2.07 bits per heavy atom. The number of amides is 1. The molecule has 0 atom stereocenters. The van der Waals surface area contributed by atoms with E-state index in [1.54, 1.807) is 11.9 Å². The highest BCUT2D eigenvalue weighted by Gasteiger charge is 2.34. The Kier molecular flexibility index (Phi) is 7.54. The third kappa shape index (κ3) is 5.97. The van der Waals surface area contributed by atoms with Crippen molar-refractivity contribution in [3.05, 3.63) is 34.7 Å². The zero-order valence-corrected chi connectivity index (χ0v) is 20.3. The number of carbonyl (C=O) groups is 1. The standard InChI is InChI=1S/C18H25BrN6O2.HI/c1-18(2,3)27-17(26)25-10-14(11-25)23-16(20-4)21-7-13-9-24-8-12(19)5-6-15(24)22-13;/h5-6,8-9,14H,7,10-11H2,1-4H3,(H2,20,21,23);1H. The number of halogens is 2. The number of ether oxygens (including phenoxy) is 1. The van der Waals surface area contributed by atoms with Crippen LogP contribution in [-0.4, -0.2) is 58.1 Å². The average Bonchev–Trinajstić information content (AvgIpc) is 2.93. The smallest absolute Gasteiger partial charge is 0.410 e. The first kappa shape index (κ1) is 22.7. The van der Waals surface area contributed by atoms with Crippen LogP contribution in [0.3, 0.4) is 0 Å². The maximum atomic E-state index is 12.0. The van der Waals surface area contributed by atoms with Gasteiger partial charge < -0.3 is 24.7 Å². The summed E-state index contributed by atoms with van der Waals surface area (Å²) in [7, 11) is 1.72. The first-order valence-electron chi connectivity index (χ1n) is 8.82. The summed E-state index contributed by atoms with van der Waals surface area (Å²) in [6.07, 6.45) is 3.67. The van der Waals surface area contributed by atoms with E-state index in [-0.39, 0.29) is 36.1 Å². The summed E-state index contributed by atoms with van der Waals surface area (Å²) in [5.41, 5.74) is 1.33. The molecule has 0 aliphatic carbocycles. The van der Waals surface area contributed by atoms with Gasteiger partial charge in [-0.05, 0) is 48.8 Å². The number of aromatic nitrogens is 2. The summed E-state index contributed by atoms with van der Waals surface area (Å²) in [6.45, 7) is 7.34. The number of guanidine groups is 1. The number of rotatable bonds is 3. The molecule has 3 rings (SSSR count). The molecule has 1 saturated heterocycles. The van der Waals surface area contributed by atoms with Gasteiger partial charge in [-0.15, -0.1) is 24.0 Å². The summed E-state index contributed by atoms with van der Waals surface area (Å²) >= 11 is 3.46. The van der Waals surface area contributed by atoms with Gasteiger partial charge in [0.1, 0.15) is 11.2 Å². The Morgan fingerprint density at radius 3 is 2.71 bits per heavy atom. The predicted molar refractivity (Wildman–Crippen MR) is 123 cm³/mol. The van der Waals surface area contributed by atoms with Crippen LogP contribution in [0.2, 0.25) is 0 Å². The molecule has 0 unspecified atom stereocenters. The van der Waals surface area contributed by atoms with E-state index in [0.717, 1.165) is 15.8 Å². The molecule has 0 spiro atoms. The normalized spacial score (nSPS) is 15.0. The number of pyridine rings is 1. The van der Waals surface area contributed by atoms with Crippen LogP contribution >= 0.6 is 39.9 Å². The lowest BCUT2D eigenvalue weighted by atomic mass is 10.1. The maximum Gasteiger partial charge on any atom is 0.410 e. The molecule has 154 valence electrons. The number of nitrogens with zero attached hydrogens (tertiary/aromatic N) is 4. The number of imidazole rings is 1. The fourth-order valence-corrected chi connectivity index (χ4v) is 3.06. The van der Waals surface area contributed by atoms with Gasteiger partial charge in [0.25, 0.3) is 0 Å². The molecule has 2 aromatic rings. The maximum absolute atomic E-state index is 12.0. The van der Waals surface area contributed by atoms with Gasteiger partial charge in [0.15, 0.2) is 5.96 Å². The van der Waals surface area contributed by atoms with E-state index in [9.17, 15) is 4.79 Å². The minimum absolute atomic E-state index is 0. The van der Waals surface area contributed by atoms with Crippen LogP contribution in [0.5, 0.6) is 0 Å². The molecule has 1 aliphatic rings. The molecule has 0 aromatic carbocycles. The van der Waals surface area contributed by atoms with Gasteiger partial charge in [0.05, 0.1) is 18.3 Å². The van der Waals surface area contributed by atoms with Gasteiger partial charge in [-0.3, -0.25) is 4.99 Å². The highest BCUT2D eigenvalue weighted by Crippen LogP contribution is 2.15. The van der Waals surface area contributed by atoms with Crippen molar-refractivity contribution in [3.8, 4) is 0 Å². The molecule has 1 aliphatic heterocycles. The summed E-state index contributed by atoms with van der Waals surface area (Å²) in [4.78, 5) is 22.5. The summed E-state index contributed by atoms with van der Waals surface area (Å²) in [5, 5.41) is 6.57. The lowest BCUT2D eigenvalue weighted by Crippen LogP contribution is -2.63. The number of hydrogen-bond donors (Lipinski definition) is 2. The van der Waals surface area contributed by atoms with Gasteiger partial charge in [-0.25, -0.2) is 9.78 Å². The molecule has 28 heavy (non-hydrogen) atoms. The lowest BCUT2D eigenvalue weighted by Gasteiger charge is -2.40. The molecule has 1 amide bonds. The second kappa shape index (κ2) is 9.29. The molecule has 0 radical (unpaired) electrons. The number of fused-ring (bicyclic) bond motifs is 1. The van der Waals surface area contributed by atoms with E-state index in [1.807, 2.05) is 49.7 Å². The van der Waals surface area contributed by atoms with E-state index < -0.39 is 5.60 Å². The molecular weight excluding hydrogens is 539 g/mol. The van der Waals surface area contributed by atoms with Crippen molar-refractivity contribution in [2.75, 3.05) is 20.1 Å². The fraction of sp³-hybridized carbons (Fsp3) is 0.500. The number of hydrogen-bond acceptors (Lipinski definition) is 4. The van der Waals surface area contributed by atoms with Gasteiger partial charge in [0.2, 0.25) is 0 Å². The largest absolute Gasteiger partial charge is 0.444 e. The van der Waals surface area contributed by atoms with E-state index >= 15 is 0 Å². The van der Waals surface area contributed by atoms with Crippen molar-refractivity contribution in [3.63, 3.8) is 0 Å². The van der Waals surface area contributed by atoms with Gasteiger partial charge in [0, 0.05) is 37.0 Å². The molecule has 1 fully saturated rings. The van der Waals surface area contributed by atoms with Gasteiger partial charge in [-0.2, -0.15) is 0 Å². The minimum atomic E-state index is -0.475. The molecular formula is C18H26BrIN6O2. The van der Waals surface area contributed by atoms with Crippen molar-refractivity contribution in [2.24, 2.45) is 4.99 Å². The number of likely N-dealkylation sites (tertiary alicyclic amines) is 1. The molecule has 8 nitrogen and oxygen atoms in total. The first-order valence-corrected chi connectivity index (χ1v) is 9.61. The van der Waals surface area contributed by atoms with Crippen LogP contribution in [0.4, 0.5) is 4.79 Å². The molecule has 3 heterocycles. The van der Waals surface area contributed by atoms with Crippen LogP contribution in [0.1, 0.15) is 26.5 Å². The SMILES string of the molecule is CN=C(NCc1cn2cc(Br)ccc2n1)NC1CN(C(=O)OC(C)(C)C)C1.I. The summed E-state index contributed by atoms with van der Waals surface area (Å²) in [5.74, 6) is 0.682. The molecule has 2 N–H and O–H groups in total. The average molecular weight is 565 g/mol. The van der Waals surface area contributed by atoms with Crippen molar-refractivity contribution in [1.82, 2.24) is 24.9 Å². The summed E-state index contributed by atoms with van der Waals surface area (Å²) < 4.78 is 8.34. The Labute approximate surface area is 190 Å². The van der Waals surface area contributed by atoms with E-state index in [1.165, 1.54) is 0 Å². The molecule has 0 bridgehead atoms. The Balaban J connectivity index is 0.00000280. The summed E-state index contributed by atoms with van der Waals surface area (Å²) in [6, 6.07) is 4.08. The van der Waals surface area contributed by atoms with Crippen LogP contribution in [0.25, 0.3) is 5.65 Å². The number of carbonyl (C=O) groups excluding carboxylic acids is 1. The fourth-order valence-electron chi connectivity index (χ4n) is 2.71. The van der Waals surface area contributed by atoms with Crippen LogP contribution in [0, 0.1) is 0 Å².